The number of thiol groups is 1. The maximum atomic E-state index is 11.7. The van der Waals surface area contributed by atoms with Crippen molar-refractivity contribution in [1.82, 2.24) is 0 Å². The maximum Gasteiger partial charge on any atom is 0.407 e. The van der Waals surface area contributed by atoms with E-state index in [-0.39, 0.29) is 0 Å². The molecule has 6 heteroatoms. The molecule has 0 fully saturated rings. The summed E-state index contributed by atoms with van der Waals surface area (Å²) < 4.78 is 52.5. The highest BCUT2D eigenvalue weighted by molar-refractivity contribution is 7.74. The zero-order valence-electron chi connectivity index (χ0n) is 5.40. The topological polar surface area (TPSA) is 34.1 Å². The minimum absolute atomic E-state index is 0.624. The predicted octanol–water partition coefficient (Wildman–Crippen LogP) is 0.939. The van der Waals surface area contributed by atoms with E-state index in [1.165, 1.54) is 0 Å². The van der Waals surface area contributed by atoms with Gasteiger partial charge in [-0.1, -0.05) is 0 Å². The summed E-state index contributed by atoms with van der Waals surface area (Å²) in [5.41, 5.74) is 0. The fourth-order valence-electron chi connectivity index (χ4n) is 0.104. The van der Waals surface area contributed by atoms with E-state index < -0.39 is 21.6 Å². The minimum Gasteiger partial charge on any atom is -0.231 e. The van der Waals surface area contributed by atoms with E-state index in [9.17, 15) is 21.6 Å². The molecule has 62 valence electrons. The summed E-state index contributed by atoms with van der Waals surface area (Å²) >= 11 is 0. The molecular weight excluding hydrogens is 169 g/mol. The Morgan fingerprint density at radius 1 is 1.10 bits per heavy atom. The van der Waals surface area contributed by atoms with Crippen LogP contribution in [-0.2, 0) is 10.7 Å². The third-order valence-electron chi connectivity index (χ3n) is 1.15. The first-order valence-electron chi connectivity index (χ1n) is 2.41. The Morgan fingerprint density at radius 3 is 1.40 bits per heavy atom. The van der Waals surface area contributed by atoms with Gasteiger partial charge in [0, 0.05) is 0 Å². The van der Waals surface area contributed by atoms with Crippen molar-refractivity contribution in [2.24, 2.45) is 0 Å². The molecule has 0 bridgehead atoms. The number of hydrogen-bond donors (Lipinski definition) is 1. The molecule has 0 spiro atoms. The van der Waals surface area contributed by atoms with Crippen molar-refractivity contribution in [3.05, 3.63) is 0 Å². The summed E-state index contributed by atoms with van der Waals surface area (Å²) in [5.74, 6) is 0. The van der Waals surface area contributed by atoms with Gasteiger partial charge in [0.15, 0.2) is 15.5 Å². The smallest absolute Gasteiger partial charge is 0.231 e. The lowest BCUT2D eigenvalue weighted by Gasteiger charge is -2.20. The molecule has 0 aliphatic heterocycles. The molecule has 2 nitrogen and oxygen atoms in total. The monoisotopic (exact) mass is 176 g/mol. The van der Waals surface area contributed by atoms with Crippen LogP contribution in [0.2, 0.25) is 0 Å². The van der Waals surface area contributed by atoms with E-state index >= 15 is 0 Å². The number of halogens is 3. The van der Waals surface area contributed by atoms with Crippen LogP contribution >= 0.6 is 0 Å². The summed E-state index contributed by atoms with van der Waals surface area (Å²) in [6.07, 6.45) is -4.68. The molecule has 0 amide bonds. The Bertz CT molecular complexity index is 183. The predicted molar refractivity (Wildman–Crippen MR) is 30.4 cm³/mol. The fourth-order valence-corrected chi connectivity index (χ4v) is 0.311. The minimum atomic E-state index is -4.68. The SMILES string of the molecule is CC(C)([SH](=O)=O)C(F)(F)F. The van der Waals surface area contributed by atoms with Crippen molar-refractivity contribution in [3.8, 4) is 0 Å². The van der Waals surface area contributed by atoms with Crippen LogP contribution in [0.3, 0.4) is 0 Å². The van der Waals surface area contributed by atoms with Crippen LogP contribution in [0.1, 0.15) is 13.8 Å². The van der Waals surface area contributed by atoms with Gasteiger partial charge in [0.2, 0.25) is 0 Å². The van der Waals surface area contributed by atoms with Crippen molar-refractivity contribution in [2.75, 3.05) is 0 Å². The van der Waals surface area contributed by atoms with Crippen LogP contribution in [-0.4, -0.2) is 19.3 Å². The first-order valence-corrected chi connectivity index (χ1v) is 3.58. The molecule has 10 heavy (non-hydrogen) atoms. The van der Waals surface area contributed by atoms with Gasteiger partial charge in [-0.15, -0.1) is 0 Å². The molecule has 0 N–H and O–H groups in total. The van der Waals surface area contributed by atoms with Crippen LogP contribution < -0.4 is 0 Å². The Hall–Kier alpha value is -0.260. The number of alkyl halides is 3. The van der Waals surface area contributed by atoms with E-state index in [1.54, 1.807) is 0 Å². The Morgan fingerprint density at radius 2 is 1.40 bits per heavy atom. The van der Waals surface area contributed by atoms with Gasteiger partial charge in [0.25, 0.3) is 0 Å². The Labute approximate surface area is 58.0 Å². The van der Waals surface area contributed by atoms with Crippen LogP contribution in [0.25, 0.3) is 0 Å². The summed E-state index contributed by atoms with van der Waals surface area (Å²) in [6, 6.07) is 0. The molecule has 0 rings (SSSR count). The fraction of sp³-hybridized carbons (Fsp3) is 1.00. The zero-order chi connectivity index (χ0) is 8.58. The molecule has 0 saturated carbocycles. The van der Waals surface area contributed by atoms with Gasteiger partial charge in [0.1, 0.15) is 0 Å². The van der Waals surface area contributed by atoms with Crippen molar-refractivity contribution in [1.29, 1.82) is 0 Å². The summed E-state index contributed by atoms with van der Waals surface area (Å²) in [4.78, 5) is 0. The molecule has 0 aliphatic rings. The van der Waals surface area contributed by atoms with Crippen molar-refractivity contribution < 1.29 is 21.6 Å². The van der Waals surface area contributed by atoms with Gasteiger partial charge in [-0.05, 0) is 13.8 Å². The standard InChI is InChI=1S/C4H7F3O2S/c1-3(2,10(8)9)4(5,6)7/h10H,1-2H3. The lowest BCUT2D eigenvalue weighted by molar-refractivity contribution is -0.152. The molecule has 0 aliphatic carbocycles. The molecule has 0 aromatic heterocycles. The van der Waals surface area contributed by atoms with Crippen LogP contribution in [0.4, 0.5) is 13.2 Å². The average Bonchev–Trinajstić information content (AvgIpc) is 1.62. The molecule has 0 aromatic rings. The van der Waals surface area contributed by atoms with Crippen LogP contribution in [0.15, 0.2) is 0 Å². The molecule has 0 atom stereocenters. The second-order valence-electron chi connectivity index (χ2n) is 2.31. The van der Waals surface area contributed by atoms with Crippen molar-refractivity contribution in [2.45, 2.75) is 24.8 Å². The van der Waals surface area contributed by atoms with Gasteiger partial charge in [-0.2, -0.15) is 13.2 Å². The Balaban J connectivity index is 4.75. The normalized spacial score (nSPS) is 14.2. The van der Waals surface area contributed by atoms with E-state index in [0.717, 1.165) is 0 Å². The van der Waals surface area contributed by atoms with Gasteiger partial charge in [0.05, 0.1) is 0 Å². The third-order valence-corrected chi connectivity index (χ3v) is 2.32. The summed E-state index contributed by atoms with van der Waals surface area (Å²) in [7, 11) is -3.46. The highest BCUT2D eigenvalue weighted by atomic mass is 32.2. The first-order chi connectivity index (χ1) is 4.19. The average molecular weight is 176 g/mol. The molecule has 0 aromatic carbocycles. The van der Waals surface area contributed by atoms with E-state index in [1.807, 2.05) is 0 Å². The second kappa shape index (κ2) is 2.41. The quantitative estimate of drug-likeness (QED) is 0.603. The second-order valence-corrected chi connectivity index (χ2v) is 3.95. The third kappa shape index (κ3) is 1.62. The highest BCUT2D eigenvalue weighted by Gasteiger charge is 2.50. The van der Waals surface area contributed by atoms with Crippen molar-refractivity contribution in [3.63, 3.8) is 0 Å². The molecule has 0 unspecified atom stereocenters. The molecule has 0 saturated heterocycles. The molecule has 0 radical (unpaired) electrons. The molecule has 0 heterocycles. The van der Waals surface area contributed by atoms with Crippen LogP contribution in [0.5, 0.6) is 0 Å². The van der Waals surface area contributed by atoms with E-state index in [0.29, 0.717) is 13.8 Å². The van der Waals surface area contributed by atoms with Crippen LogP contribution in [0, 0.1) is 0 Å². The lowest BCUT2D eigenvalue weighted by Crippen LogP contribution is -2.40. The zero-order valence-corrected chi connectivity index (χ0v) is 6.29. The largest absolute Gasteiger partial charge is 0.407 e. The van der Waals surface area contributed by atoms with Gasteiger partial charge >= 0.3 is 6.18 Å². The van der Waals surface area contributed by atoms with E-state index in [4.69, 9.17) is 0 Å². The van der Waals surface area contributed by atoms with Gasteiger partial charge in [-0.25, -0.2) is 8.42 Å². The maximum absolute atomic E-state index is 11.7. The first kappa shape index (κ1) is 9.74. The number of rotatable bonds is 1. The van der Waals surface area contributed by atoms with Crippen molar-refractivity contribution >= 4 is 10.7 Å². The lowest BCUT2D eigenvalue weighted by atomic mass is 10.2. The van der Waals surface area contributed by atoms with Gasteiger partial charge < -0.3 is 0 Å². The highest BCUT2D eigenvalue weighted by Crippen LogP contribution is 2.32. The van der Waals surface area contributed by atoms with Gasteiger partial charge in [-0.3, -0.25) is 0 Å². The van der Waals surface area contributed by atoms with E-state index in [2.05, 4.69) is 0 Å². The number of hydrogen-bond acceptors (Lipinski definition) is 2. The summed E-state index contributed by atoms with van der Waals surface area (Å²) in [6.45, 7) is 1.25. The Kier molecular flexibility index (Phi) is 2.35. The summed E-state index contributed by atoms with van der Waals surface area (Å²) in [5, 5.41) is 0. The molecular formula is C4H7F3O2S.